The number of benzene rings is 1. The predicted octanol–water partition coefficient (Wildman–Crippen LogP) is 1.78. The molecule has 0 bridgehead atoms. The Bertz CT molecular complexity index is 342. The zero-order chi connectivity index (χ0) is 12.0. The molecule has 0 spiro atoms. The van der Waals surface area contributed by atoms with Gasteiger partial charge < -0.3 is 15.2 Å². The standard InChI is InChI=1S/C12H18ClNO2/c1-9-7-11(13)8-10(12(9)16-2)3-4-14-5-6-15/h7-8,14-15H,3-6H2,1-2H3. The van der Waals surface area contributed by atoms with Crippen molar-refractivity contribution < 1.29 is 9.84 Å². The Morgan fingerprint density at radius 2 is 2.12 bits per heavy atom. The van der Waals surface area contributed by atoms with Crippen LogP contribution in [0.3, 0.4) is 0 Å². The summed E-state index contributed by atoms with van der Waals surface area (Å²) in [6, 6.07) is 3.82. The molecule has 1 aromatic rings. The highest BCUT2D eigenvalue weighted by molar-refractivity contribution is 6.30. The average molecular weight is 244 g/mol. The summed E-state index contributed by atoms with van der Waals surface area (Å²) in [6.07, 6.45) is 0.838. The van der Waals surface area contributed by atoms with E-state index in [0.717, 1.165) is 34.9 Å². The summed E-state index contributed by atoms with van der Waals surface area (Å²) in [5, 5.41) is 12.5. The number of methoxy groups -OCH3 is 1. The van der Waals surface area contributed by atoms with Crippen molar-refractivity contribution in [2.45, 2.75) is 13.3 Å². The minimum atomic E-state index is 0.158. The number of hydrogen-bond donors (Lipinski definition) is 2. The summed E-state index contributed by atoms with van der Waals surface area (Å²) in [4.78, 5) is 0. The van der Waals surface area contributed by atoms with E-state index in [0.29, 0.717) is 6.54 Å². The van der Waals surface area contributed by atoms with Gasteiger partial charge in [0.2, 0.25) is 0 Å². The van der Waals surface area contributed by atoms with Gasteiger partial charge in [0.25, 0.3) is 0 Å². The highest BCUT2D eigenvalue weighted by Gasteiger charge is 2.07. The van der Waals surface area contributed by atoms with Crippen LogP contribution in [-0.4, -0.2) is 31.9 Å². The quantitative estimate of drug-likeness (QED) is 0.749. The molecule has 0 aliphatic carbocycles. The maximum atomic E-state index is 8.64. The smallest absolute Gasteiger partial charge is 0.125 e. The first-order chi connectivity index (χ1) is 7.69. The van der Waals surface area contributed by atoms with Crippen molar-refractivity contribution in [2.24, 2.45) is 0 Å². The number of halogens is 1. The van der Waals surface area contributed by atoms with Crippen LogP contribution in [0, 0.1) is 6.92 Å². The van der Waals surface area contributed by atoms with Gasteiger partial charge in [0.15, 0.2) is 0 Å². The highest BCUT2D eigenvalue weighted by atomic mass is 35.5. The van der Waals surface area contributed by atoms with E-state index >= 15 is 0 Å². The Morgan fingerprint density at radius 1 is 1.38 bits per heavy atom. The van der Waals surface area contributed by atoms with Crippen LogP contribution in [0.4, 0.5) is 0 Å². The molecule has 0 fully saturated rings. The van der Waals surface area contributed by atoms with Crippen LogP contribution >= 0.6 is 11.6 Å². The molecular weight excluding hydrogens is 226 g/mol. The maximum Gasteiger partial charge on any atom is 0.125 e. The van der Waals surface area contributed by atoms with Gasteiger partial charge >= 0.3 is 0 Å². The zero-order valence-electron chi connectivity index (χ0n) is 9.72. The molecule has 16 heavy (non-hydrogen) atoms. The SMILES string of the molecule is COc1c(C)cc(Cl)cc1CCNCCO. The molecule has 1 rings (SSSR count). The van der Waals surface area contributed by atoms with E-state index in [4.69, 9.17) is 21.4 Å². The number of aliphatic hydroxyl groups is 1. The Balaban J connectivity index is 2.69. The number of aliphatic hydroxyl groups excluding tert-OH is 1. The first kappa shape index (κ1) is 13.3. The van der Waals surface area contributed by atoms with Gasteiger partial charge in [-0.15, -0.1) is 0 Å². The second-order valence-corrected chi connectivity index (χ2v) is 4.08. The van der Waals surface area contributed by atoms with Crippen LogP contribution in [0.25, 0.3) is 0 Å². The molecule has 4 heteroatoms. The van der Waals surface area contributed by atoms with E-state index in [2.05, 4.69) is 5.32 Å². The fraction of sp³-hybridized carbons (Fsp3) is 0.500. The van der Waals surface area contributed by atoms with Crippen molar-refractivity contribution in [3.63, 3.8) is 0 Å². The Morgan fingerprint density at radius 3 is 2.75 bits per heavy atom. The molecule has 0 atom stereocenters. The molecule has 2 N–H and O–H groups in total. The molecule has 0 aromatic heterocycles. The zero-order valence-corrected chi connectivity index (χ0v) is 10.5. The van der Waals surface area contributed by atoms with Gasteiger partial charge in [-0.05, 0) is 43.1 Å². The fourth-order valence-corrected chi connectivity index (χ4v) is 2.00. The van der Waals surface area contributed by atoms with E-state index in [9.17, 15) is 0 Å². The van der Waals surface area contributed by atoms with Crippen LogP contribution < -0.4 is 10.1 Å². The van der Waals surface area contributed by atoms with Crippen LogP contribution in [-0.2, 0) is 6.42 Å². The van der Waals surface area contributed by atoms with E-state index in [1.165, 1.54) is 0 Å². The molecule has 0 unspecified atom stereocenters. The number of rotatable bonds is 6. The number of hydrogen-bond acceptors (Lipinski definition) is 3. The van der Waals surface area contributed by atoms with Gasteiger partial charge in [-0.3, -0.25) is 0 Å². The third-order valence-electron chi connectivity index (χ3n) is 2.38. The topological polar surface area (TPSA) is 41.5 Å². The molecule has 0 heterocycles. The number of aryl methyl sites for hydroxylation is 1. The molecule has 0 aliphatic heterocycles. The summed E-state index contributed by atoms with van der Waals surface area (Å²) in [5.41, 5.74) is 2.14. The summed E-state index contributed by atoms with van der Waals surface area (Å²) in [7, 11) is 1.67. The third kappa shape index (κ3) is 3.67. The molecule has 0 amide bonds. The van der Waals surface area contributed by atoms with Crippen LogP contribution in [0.5, 0.6) is 5.75 Å². The second-order valence-electron chi connectivity index (χ2n) is 3.64. The molecule has 0 aliphatic rings. The lowest BCUT2D eigenvalue weighted by Gasteiger charge is -2.12. The summed E-state index contributed by atoms with van der Waals surface area (Å²) >= 11 is 6.00. The normalized spacial score (nSPS) is 10.5. The molecule has 0 saturated carbocycles. The molecule has 0 saturated heterocycles. The monoisotopic (exact) mass is 243 g/mol. The third-order valence-corrected chi connectivity index (χ3v) is 2.60. The Labute approximate surface area is 101 Å². The van der Waals surface area contributed by atoms with Crippen molar-refractivity contribution in [2.75, 3.05) is 26.8 Å². The van der Waals surface area contributed by atoms with Gasteiger partial charge in [-0.1, -0.05) is 11.6 Å². The average Bonchev–Trinajstić information content (AvgIpc) is 2.24. The van der Waals surface area contributed by atoms with E-state index in [1.807, 2.05) is 19.1 Å². The molecule has 1 aromatic carbocycles. The van der Waals surface area contributed by atoms with Crippen molar-refractivity contribution in [1.82, 2.24) is 5.32 Å². The molecule has 90 valence electrons. The molecule has 3 nitrogen and oxygen atoms in total. The van der Waals surface area contributed by atoms with Crippen molar-refractivity contribution in [1.29, 1.82) is 0 Å². The minimum Gasteiger partial charge on any atom is -0.496 e. The highest BCUT2D eigenvalue weighted by Crippen LogP contribution is 2.27. The lowest BCUT2D eigenvalue weighted by Crippen LogP contribution is -2.21. The van der Waals surface area contributed by atoms with Crippen molar-refractivity contribution in [3.8, 4) is 5.75 Å². The summed E-state index contributed by atoms with van der Waals surface area (Å²) in [5.74, 6) is 0.898. The van der Waals surface area contributed by atoms with Crippen molar-refractivity contribution in [3.05, 3.63) is 28.3 Å². The van der Waals surface area contributed by atoms with Gasteiger partial charge in [0, 0.05) is 11.6 Å². The fourth-order valence-electron chi connectivity index (χ4n) is 1.70. The molecule has 0 radical (unpaired) electrons. The van der Waals surface area contributed by atoms with E-state index < -0.39 is 0 Å². The van der Waals surface area contributed by atoms with E-state index in [-0.39, 0.29) is 6.61 Å². The van der Waals surface area contributed by atoms with Gasteiger partial charge in [0.05, 0.1) is 13.7 Å². The Hall–Kier alpha value is -0.770. The van der Waals surface area contributed by atoms with Crippen LogP contribution in [0.1, 0.15) is 11.1 Å². The van der Waals surface area contributed by atoms with Crippen molar-refractivity contribution >= 4 is 11.6 Å². The summed E-state index contributed by atoms with van der Waals surface area (Å²) < 4.78 is 5.35. The van der Waals surface area contributed by atoms with Gasteiger partial charge in [0.1, 0.15) is 5.75 Å². The predicted molar refractivity (Wildman–Crippen MR) is 66.4 cm³/mol. The summed E-state index contributed by atoms with van der Waals surface area (Å²) in [6.45, 7) is 3.56. The van der Waals surface area contributed by atoms with Crippen LogP contribution in [0.15, 0.2) is 12.1 Å². The van der Waals surface area contributed by atoms with Gasteiger partial charge in [-0.2, -0.15) is 0 Å². The number of nitrogens with one attached hydrogen (secondary N) is 1. The lowest BCUT2D eigenvalue weighted by molar-refractivity contribution is 0.292. The first-order valence-electron chi connectivity index (χ1n) is 5.33. The minimum absolute atomic E-state index is 0.158. The largest absolute Gasteiger partial charge is 0.496 e. The Kier molecular flexibility index (Phi) is 5.60. The van der Waals surface area contributed by atoms with Gasteiger partial charge in [-0.25, -0.2) is 0 Å². The maximum absolute atomic E-state index is 8.64. The van der Waals surface area contributed by atoms with E-state index in [1.54, 1.807) is 7.11 Å². The first-order valence-corrected chi connectivity index (χ1v) is 5.71. The number of ether oxygens (including phenoxy) is 1. The van der Waals surface area contributed by atoms with Crippen LogP contribution in [0.2, 0.25) is 5.02 Å². The second kappa shape index (κ2) is 6.74. The lowest BCUT2D eigenvalue weighted by atomic mass is 10.1. The molecular formula is C12H18ClNO2.